The molecule has 9 nitrogen and oxygen atoms in total. The average Bonchev–Trinajstić information content (AvgIpc) is 3.40. The largest absolute Gasteiger partial charge is 0.478 e. The van der Waals surface area contributed by atoms with Gasteiger partial charge in [-0.15, -0.1) is 0 Å². The van der Waals surface area contributed by atoms with Crippen LogP contribution in [0.15, 0.2) is 66.9 Å². The zero-order valence-corrected chi connectivity index (χ0v) is 25.0. The molecule has 4 aromatic rings. The lowest BCUT2D eigenvalue weighted by atomic mass is 9.96. The number of rotatable bonds is 7. The maximum Gasteiger partial charge on any atom is 0.335 e. The maximum absolute atomic E-state index is 11.9. The van der Waals surface area contributed by atoms with Crippen LogP contribution in [0.4, 0.5) is 11.4 Å². The summed E-state index contributed by atoms with van der Waals surface area (Å²) < 4.78 is 28.4. The third-order valence-corrected chi connectivity index (χ3v) is 8.27. The SMILES string of the molecule is Cc1cc(N2C(=S)N[C@@H](c3ccccn3)[C@H]2c2cc(C)n(-c3cc(C(=O)O)ccc3C)c2C)ccc1NS(C)(=O)=O. The van der Waals surface area contributed by atoms with Crippen molar-refractivity contribution in [3.63, 3.8) is 0 Å². The lowest BCUT2D eigenvalue weighted by Crippen LogP contribution is -2.29. The number of aryl methyl sites for hydroxylation is 3. The van der Waals surface area contributed by atoms with Crippen molar-refractivity contribution in [3.05, 3.63) is 106 Å². The molecule has 41 heavy (non-hydrogen) atoms. The number of carboxylic acid groups (broad SMARTS) is 1. The van der Waals surface area contributed by atoms with E-state index in [0.29, 0.717) is 10.8 Å². The van der Waals surface area contributed by atoms with Crippen molar-refractivity contribution in [3.8, 4) is 5.69 Å². The number of pyridine rings is 1. The van der Waals surface area contributed by atoms with E-state index in [-0.39, 0.29) is 17.6 Å². The van der Waals surface area contributed by atoms with Gasteiger partial charge in [0.25, 0.3) is 0 Å². The molecule has 1 saturated heterocycles. The van der Waals surface area contributed by atoms with Crippen LogP contribution in [-0.4, -0.2) is 40.4 Å². The Morgan fingerprint density at radius 2 is 1.78 bits per heavy atom. The molecule has 3 heterocycles. The number of carbonyl (C=O) groups is 1. The van der Waals surface area contributed by atoms with Crippen molar-refractivity contribution >= 4 is 44.7 Å². The van der Waals surface area contributed by atoms with Crippen molar-refractivity contribution in [2.24, 2.45) is 0 Å². The first-order valence-electron chi connectivity index (χ1n) is 13.0. The second-order valence-electron chi connectivity index (χ2n) is 10.3. The van der Waals surface area contributed by atoms with Crippen LogP contribution in [0.2, 0.25) is 0 Å². The molecule has 0 spiro atoms. The Labute approximate surface area is 244 Å². The van der Waals surface area contributed by atoms with Crippen LogP contribution < -0.4 is 14.9 Å². The fourth-order valence-corrected chi connectivity index (χ4v) is 6.48. The molecule has 0 radical (unpaired) electrons. The molecule has 212 valence electrons. The molecule has 1 aliphatic heterocycles. The lowest BCUT2D eigenvalue weighted by Gasteiger charge is -2.29. The molecular weight excluding hydrogens is 558 g/mol. The Morgan fingerprint density at radius 1 is 1.02 bits per heavy atom. The molecule has 2 aromatic carbocycles. The number of aromatic nitrogens is 2. The van der Waals surface area contributed by atoms with Crippen LogP contribution in [0.25, 0.3) is 5.69 Å². The summed E-state index contributed by atoms with van der Waals surface area (Å²) in [6, 6.07) is 17.9. The molecule has 0 amide bonds. The van der Waals surface area contributed by atoms with E-state index in [1.165, 1.54) is 0 Å². The van der Waals surface area contributed by atoms with E-state index in [9.17, 15) is 18.3 Å². The molecule has 0 bridgehead atoms. The normalized spacial score (nSPS) is 17.0. The van der Waals surface area contributed by atoms with Gasteiger partial charge in [-0.3, -0.25) is 9.71 Å². The van der Waals surface area contributed by atoms with E-state index in [1.54, 1.807) is 24.4 Å². The fraction of sp³-hybridized carbons (Fsp3) is 0.233. The van der Waals surface area contributed by atoms with E-state index in [1.807, 2.05) is 69.0 Å². The van der Waals surface area contributed by atoms with Crippen molar-refractivity contribution < 1.29 is 18.3 Å². The summed E-state index contributed by atoms with van der Waals surface area (Å²) >= 11 is 5.89. The first kappa shape index (κ1) is 28.3. The van der Waals surface area contributed by atoms with Crippen molar-refractivity contribution in [1.29, 1.82) is 0 Å². The Kier molecular flexibility index (Phi) is 7.35. The van der Waals surface area contributed by atoms with Gasteiger partial charge >= 0.3 is 5.97 Å². The number of benzene rings is 2. The number of hydrogen-bond donors (Lipinski definition) is 3. The summed E-state index contributed by atoms with van der Waals surface area (Å²) in [5.74, 6) is -0.982. The number of carboxylic acids is 1. The fourth-order valence-electron chi connectivity index (χ4n) is 5.50. The van der Waals surface area contributed by atoms with Crippen LogP contribution in [0.5, 0.6) is 0 Å². The number of aromatic carboxylic acids is 1. The highest BCUT2D eigenvalue weighted by Gasteiger charge is 2.42. The molecule has 11 heteroatoms. The van der Waals surface area contributed by atoms with Crippen LogP contribution in [-0.2, 0) is 10.0 Å². The molecule has 1 aliphatic rings. The maximum atomic E-state index is 11.9. The molecule has 5 rings (SSSR count). The third-order valence-electron chi connectivity index (χ3n) is 7.37. The van der Waals surface area contributed by atoms with Crippen molar-refractivity contribution in [2.45, 2.75) is 39.8 Å². The van der Waals surface area contributed by atoms with Crippen molar-refractivity contribution in [2.75, 3.05) is 15.9 Å². The van der Waals surface area contributed by atoms with E-state index < -0.39 is 16.0 Å². The van der Waals surface area contributed by atoms with E-state index in [4.69, 9.17) is 12.2 Å². The first-order chi connectivity index (χ1) is 19.4. The number of hydrogen-bond acceptors (Lipinski definition) is 5. The molecule has 0 saturated carbocycles. The molecule has 2 aromatic heterocycles. The zero-order valence-electron chi connectivity index (χ0n) is 23.3. The van der Waals surface area contributed by atoms with Gasteiger partial charge in [-0.1, -0.05) is 12.1 Å². The first-order valence-corrected chi connectivity index (χ1v) is 15.3. The minimum Gasteiger partial charge on any atom is -0.478 e. The monoisotopic (exact) mass is 589 g/mol. The Hall–Kier alpha value is -4.22. The predicted molar refractivity (Wildman–Crippen MR) is 165 cm³/mol. The summed E-state index contributed by atoms with van der Waals surface area (Å²) in [6.45, 7) is 7.83. The number of anilines is 2. The van der Waals surface area contributed by atoms with Gasteiger partial charge in [-0.25, -0.2) is 13.2 Å². The van der Waals surface area contributed by atoms with Crippen LogP contribution in [0.3, 0.4) is 0 Å². The van der Waals surface area contributed by atoms with Gasteiger partial charge in [0.15, 0.2) is 5.11 Å². The highest BCUT2D eigenvalue weighted by atomic mass is 32.2. The Bertz CT molecular complexity index is 1780. The molecule has 0 aliphatic carbocycles. The van der Waals surface area contributed by atoms with Gasteiger partial charge in [0.1, 0.15) is 0 Å². The van der Waals surface area contributed by atoms with Gasteiger partial charge in [0.2, 0.25) is 10.0 Å². The summed E-state index contributed by atoms with van der Waals surface area (Å²) in [7, 11) is -3.44. The quantitative estimate of drug-likeness (QED) is 0.247. The van der Waals surface area contributed by atoms with Gasteiger partial charge in [-0.2, -0.15) is 0 Å². The molecule has 3 N–H and O–H groups in total. The molecular formula is C30H31N5O4S2. The number of nitrogens with one attached hydrogen (secondary N) is 2. The topological polar surface area (TPSA) is 117 Å². The molecule has 0 unspecified atom stereocenters. The zero-order chi connectivity index (χ0) is 29.6. The number of nitrogens with zero attached hydrogens (tertiary/aromatic N) is 3. The second kappa shape index (κ2) is 10.6. The van der Waals surface area contributed by atoms with Crippen LogP contribution in [0, 0.1) is 27.7 Å². The van der Waals surface area contributed by atoms with Gasteiger partial charge < -0.3 is 19.9 Å². The van der Waals surface area contributed by atoms with Gasteiger partial charge in [-0.05, 0) is 105 Å². The Balaban J connectivity index is 1.67. The van der Waals surface area contributed by atoms with Gasteiger partial charge in [0, 0.05) is 29.0 Å². The average molecular weight is 590 g/mol. The molecule has 1 fully saturated rings. The highest BCUT2D eigenvalue weighted by Crippen LogP contribution is 2.44. The van der Waals surface area contributed by atoms with E-state index in [2.05, 4.69) is 25.7 Å². The summed E-state index contributed by atoms with van der Waals surface area (Å²) in [4.78, 5) is 18.4. The Morgan fingerprint density at radius 3 is 2.41 bits per heavy atom. The van der Waals surface area contributed by atoms with E-state index in [0.717, 1.165) is 51.4 Å². The standard InChI is InChI=1S/C30H31N5O4S2/c1-17-9-10-21(29(36)37)16-26(17)34-19(3)15-23(20(34)4)28-27(25-8-6-7-13-31-25)32-30(40)35(28)22-11-12-24(18(2)14-22)33-41(5,38)39/h6-16,27-28,33H,1-5H3,(H,32,40)(H,36,37)/t27-,28+/m0/s1. The third kappa shape index (κ3) is 5.42. The van der Waals surface area contributed by atoms with E-state index >= 15 is 0 Å². The van der Waals surface area contributed by atoms with Crippen LogP contribution >= 0.6 is 12.2 Å². The lowest BCUT2D eigenvalue weighted by molar-refractivity contribution is 0.0697. The smallest absolute Gasteiger partial charge is 0.335 e. The van der Waals surface area contributed by atoms with Crippen molar-refractivity contribution in [1.82, 2.24) is 14.9 Å². The summed E-state index contributed by atoms with van der Waals surface area (Å²) in [5.41, 5.74) is 7.74. The highest BCUT2D eigenvalue weighted by molar-refractivity contribution is 7.92. The van der Waals surface area contributed by atoms with Crippen LogP contribution in [0.1, 0.15) is 56.2 Å². The summed E-state index contributed by atoms with van der Waals surface area (Å²) in [6.07, 6.45) is 2.87. The number of sulfonamides is 1. The predicted octanol–water partition coefficient (Wildman–Crippen LogP) is 5.35. The number of thiocarbonyl (C=S) groups is 1. The van der Waals surface area contributed by atoms with Gasteiger partial charge in [0.05, 0.1) is 35.3 Å². The molecule has 2 atom stereocenters. The minimum atomic E-state index is -3.44. The second-order valence-corrected chi connectivity index (χ2v) is 12.5. The minimum absolute atomic E-state index is 0.217. The summed E-state index contributed by atoms with van der Waals surface area (Å²) in [5, 5.41) is 13.6.